The molecule has 15 heavy (non-hydrogen) atoms. The Kier molecular flexibility index (Phi) is 3.09. The van der Waals surface area contributed by atoms with Gasteiger partial charge in [-0.25, -0.2) is 9.97 Å². The highest BCUT2D eigenvalue weighted by Crippen LogP contribution is 2.17. The molecule has 77 valence electrons. The van der Waals surface area contributed by atoms with Gasteiger partial charge in [0.1, 0.15) is 24.9 Å². The molecular formula is C11H11N2O2. The van der Waals surface area contributed by atoms with E-state index in [1.807, 2.05) is 18.2 Å². The van der Waals surface area contributed by atoms with Crippen LogP contribution in [0.25, 0.3) is 10.9 Å². The fourth-order valence-electron chi connectivity index (χ4n) is 1.24. The molecule has 1 aromatic heterocycles. The largest absolute Gasteiger partial charge is 0.491 e. The lowest BCUT2D eigenvalue weighted by Crippen LogP contribution is -2.04. The summed E-state index contributed by atoms with van der Waals surface area (Å²) in [7, 11) is 1.64. The van der Waals surface area contributed by atoms with Crippen LogP contribution < -0.4 is 4.74 Å². The lowest BCUT2D eigenvalue weighted by molar-refractivity contribution is 0.146. The number of fused-ring (bicyclic) bond motifs is 1. The van der Waals surface area contributed by atoms with Crippen LogP contribution in [0.4, 0.5) is 0 Å². The van der Waals surface area contributed by atoms with Gasteiger partial charge in [0.15, 0.2) is 0 Å². The Balaban J connectivity index is 2.16. The zero-order chi connectivity index (χ0) is 10.5. The zero-order valence-electron chi connectivity index (χ0n) is 8.43. The maximum absolute atomic E-state index is 5.45. The van der Waals surface area contributed by atoms with Gasteiger partial charge in [0, 0.05) is 12.5 Å². The highest BCUT2D eigenvalue weighted by atomic mass is 16.5. The molecule has 0 saturated carbocycles. The van der Waals surface area contributed by atoms with Crippen LogP contribution in [0, 0.1) is 6.20 Å². The molecule has 0 fully saturated rings. The van der Waals surface area contributed by atoms with Crippen molar-refractivity contribution in [2.75, 3.05) is 20.3 Å². The van der Waals surface area contributed by atoms with Crippen molar-refractivity contribution in [1.82, 2.24) is 9.97 Å². The maximum atomic E-state index is 5.45. The van der Waals surface area contributed by atoms with E-state index in [-0.39, 0.29) is 0 Å². The van der Waals surface area contributed by atoms with Gasteiger partial charge in [-0.15, -0.1) is 0 Å². The van der Waals surface area contributed by atoms with Crippen LogP contribution in [0.2, 0.25) is 0 Å². The van der Waals surface area contributed by atoms with Gasteiger partial charge in [0.2, 0.25) is 0 Å². The van der Waals surface area contributed by atoms with Crippen molar-refractivity contribution in [1.29, 1.82) is 0 Å². The molecule has 4 heteroatoms. The second kappa shape index (κ2) is 4.70. The zero-order valence-corrected chi connectivity index (χ0v) is 8.43. The van der Waals surface area contributed by atoms with Gasteiger partial charge in [-0.05, 0) is 18.2 Å². The Bertz CT molecular complexity index is 445. The van der Waals surface area contributed by atoms with Gasteiger partial charge in [0.05, 0.1) is 12.1 Å². The first-order valence-electron chi connectivity index (χ1n) is 4.64. The first-order valence-corrected chi connectivity index (χ1v) is 4.64. The first kappa shape index (κ1) is 9.86. The van der Waals surface area contributed by atoms with E-state index in [1.165, 1.54) is 6.33 Å². The molecule has 0 bridgehead atoms. The summed E-state index contributed by atoms with van der Waals surface area (Å²) in [6.07, 6.45) is 4.34. The van der Waals surface area contributed by atoms with Crippen LogP contribution in [-0.2, 0) is 4.74 Å². The molecule has 1 radical (unpaired) electrons. The molecule has 2 aromatic rings. The van der Waals surface area contributed by atoms with Gasteiger partial charge in [-0.2, -0.15) is 0 Å². The van der Waals surface area contributed by atoms with Crippen molar-refractivity contribution in [3.63, 3.8) is 0 Å². The molecule has 0 aliphatic heterocycles. The SMILES string of the molecule is COCCOc1ccc2ncn[c]c2c1. The van der Waals surface area contributed by atoms with E-state index in [0.717, 1.165) is 16.7 Å². The highest BCUT2D eigenvalue weighted by Gasteiger charge is 1.98. The fraction of sp³-hybridized carbons (Fsp3) is 0.273. The van der Waals surface area contributed by atoms with Gasteiger partial charge in [0.25, 0.3) is 0 Å². The number of ether oxygens (including phenoxy) is 2. The van der Waals surface area contributed by atoms with E-state index >= 15 is 0 Å². The molecule has 0 saturated heterocycles. The van der Waals surface area contributed by atoms with E-state index < -0.39 is 0 Å². The molecule has 0 atom stereocenters. The molecule has 0 N–H and O–H groups in total. The van der Waals surface area contributed by atoms with Crippen LogP contribution in [0.1, 0.15) is 0 Å². The summed E-state index contributed by atoms with van der Waals surface area (Å²) in [6, 6.07) is 5.62. The predicted molar refractivity (Wildman–Crippen MR) is 55.7 cm³/mol. The molecule has 0 unspecified atom stereocenters. The monoisotopic (exact) mass is 203 g/mol. The Morgan fingerprint density at radius 1 is 1.33 bits per heavy atom. The Hall–Kier alpha value is -1.68. The lowest BCUT2D eigenvalue weighted by atomic mass is 10.2. The van der Waals surface area contributed by atoms with Gasteiger partial charge < -0.3 is 9.47 Å². The Labute approximate surface area is 87.9 Å². The normalized spacial score (nSPS) is 10.5. The van der Waals surface area contributed by atoms with Crippen molar-refractivity contribution >= 4 is 10.9 Å². The summed E-state index contributed by atoms with van der Waals surface area (Å²) in [5, 5.41) is 0.854. The topological polar surface area (TPSA) is 44.2 Å². The summed E-state index contributed by atoms with van der Waals surface area (Å²) in [5.41, 5.74) is 0.865. The van der Waals surface area contributed by atoms with Crippen molar-refractivity contribution < 1.29 is 9.47 Å². The first-order chi connectivity index (χ1) is 7.40. The molecule has 0 amide bonds. The third-order valence-electron chi connectivity index (χ3n) is 1.96. The number of benzene rings is 1. The molecule has 1 heterocycles. The number of nitrogens with zero attached hydrogens (tertiary/aromatic N) is 2. The Morgan fingerprint density at radius 3 is 3.13 bits per heavy atom. The van der Waals surface area contributed by atoms with Crippen LogP contribution in [-0.4, -0.2) is 30.3 Å². The highest BCUT2D eigenvalue weighted by molar-refractivity contribution is 5.78. The molecule has 2 rings (SSSR count). The molecule has 1 aromatic carbocycles. The van der Waals surface area contributed by atoms with Crippen molar-refractivity contribution in [3.05, 3.63) is 30.7 Å². The minimum absolute atomic E-state index is 0.537. The van der Waals surface area contributed by atoms with Crippen molar-refractivity contribution in [3.8, 4) is 5.75 Å². The standard InChI is InChI=1S/C11H11N2O2/c1-14-4-5-15-10-2-3-11-9(6-10)7-12-8-13-11/h2-3,6,8H,4-5H2,1H3. The molecular weight excluding hydrogens is 192 g/mol. The van der Waals surface area contributed by atoms with E-state index in [1.54, 1.807) is 7.11 Å². The molecule has 0 aliphatic carbocycles. The third kappa shape index (κ3) is 2.41. The van der Waals surface area contributed by atoms with Gasteiger partial charge >= 0.3 is 0 Å². The number of methoxy groups -OCH3 is 1. The number of hydrogen-bond donors (Lipinski definition) is 0. The second-order valence-corrected chi connectivity index (χ2v) is 3.01. The number of aromatic nitrogens is 2. The van der Waals surface area contributed by atoms with Crippen LogP contribution >= 0.6 is 0 Å². The summed E-state index contributed by atoms with van der Waals surface area (Å²) in [4.78, 5) is 7.93. The average molecular weight is 203 g/mol. The maximum Gasteiger partial charge on any atom is 0.120 e. The number of rotatable bonds is 4. The van der Waals surface area contributed by atoms with E-state index in [4.69, 9.17) is 9.47 Å². The minimum atomic E-state index is 0.537. The van der Waals surface area contributed by atoms with Crippen LogP contribution in [0.15, 0.2) is 24.5 Å². The Morgan fingerprint density at radius 2 is 2.27 bits per heavy atom. The second-order valence-electron chi connectivity index (χ2n) is 3.01. The minimum Gasteiger partial charge on any atom is -0.491 e. The fourth-order valence-corrected chi connectivity index (χ4v) is 1.24. The predicted octanol–water partition coefficient (Wildman–Crippen LogP) is 1.46. The molecule has 4 nitrogen and oxygen atoms in total. The van der Waals surface area contributed by atoms with Crippen LogP contribution in [0.3, 0.4) is 0 Å². The number of hydrogen-bond acceptors (Lipinski definition) is 4. The van der Waals surface area contributed by atoms with E-state index in [2.05, 4.69) is 16.2 Å². The van der Waals surface area contributed by atoms with E-state index in [0.29, 0.717) is 13.2 Å². The quantitative estimate of drug-likeness (QED) is 0.705. The van der Waals surface area contributed by atoms with Crippen molar-refractivity contribution in [2.45, 2.75) is 0 Å². The third-order valence-corrected chi connectivity index (χ3v) is 1.96. The smallest absolute Gasteiger partial charge is 0.120 e. The molecule has 0 spiro atoms. The molecule has 0 aliphatic rings. The van der Waals surface area contributed by atoms with Gasteiger partial charge in [-0.3, -0.25) is 0 Å². The van der Waals surface area contributed by atoms with Crippen LogP contribution in [0.5, 0.6) is 5.75 Å². The lowest BCUT2D eigenvalue weighted by Gasteiger charge is -2.05. The van der Waals surface area contributed by atoms with Gasteiger partial charge in [-0.1, -0.05) is 0 Å². The average Bonchev–Trinajstić information content (AvgIpc) is 2.29. The summed E-state index contributed by atoms with van der Waals surface area (Å²) in [6.45, 7) is 1.11. The van der Waals surface area contributed by atoms with Crippen molar-refractivity contribution in [2.24, 2.45) is 0 Å². The summed E-state index contributed by atoms with van der Waals surface area (Å²) < 4.78 is 10.3. The summed E-state index contributed by atoms with van der Waals surface area (Å²) in [5.74, 6) is 0.783. The van der Waals surface area contributed by atoms with E-state index in [9.17, 15) is 0 Å². The summed E-state index contributed by atoms with van der Waals surface area (Å²) >= 11 is 0.